The van der Waals surface area contributed by atoms with Crippen LogP contribution in [0.2, 0.25) is 0 Å². The summed E-state index contributed by atoms with van der Waals surface area (Å²) >= 11 is 1.64. The number of hydrogen-bond acceptors (Lipinski definition) is 4. The molecule has 0 aromatic heterocycles. The fourth-order valence-electron chi connectivity index (χ4n) is 1.50. The lowest BCUT2D eigenvalue weighted by molar-refractivity contribution is -0.143. The summed E-state index contributed by atoms with van der Waals surface area (Å²) in [5.74, 6) is 0.222. The number of amides is 1. The van der Waals surface area contributed by atoms with Crippen molar-refractivity contribution in [1.82, 2.24) is 10.6 Å². The van der Waals surface area contributed by atoms with Crippen LogP contribution >= 0.6 is 11.8 Å². The number of carbonyl (C=O) groups is 2. The highest BCUT2D eigenvalue weighted by atomic mass is 32.2. The second kappa shape index (κ2) is 6.10. The van der Waals surface area contributed by atoms with Crippen molar-refractivity contribution in [2.75, 3.05) is 11.6 Å². The van der Waals surface area contributed by atoms with Crippen LogP contribution in [0.1, 0.15) is 20.3 Å². The number of nitrogens with one attached hydrogen (secondary N) is 2. The molecule has 1 fully saturated rings. The Morgan fingerprint density at radius 3 is 2.75 bits per heavy atom. The number of aliphatic carboxylic acids is 1. The normalized spacial score (nSPS) is 23.8. The van der Waals surface area contributed by atoms with Gasteiger partial charge in [0.25, 0.3) is 0 Å². The van der Waals surface area contributed by atoms with Crippen LogP contribution in [-0.2, 0) is 9.59 Å². The SMILES string of the molecule is CCC(C)C(NC(=O)C1CSCN1)C(=O)O. The predicted octanol–water partition coefficient (Wildman–Crippen LogP) is 0.264. The van der Waals surface area contributed by atoms with Crippen molar-refractivity contribution in [2.45, 2.75) is 32.4 Å². The molecule has 0 bridgehead atoms. The summed E-state index contributed by atoms with van der Waals surface area (Å²) in [4.78, 5) is 22.7. The van der Waals surface area contributed by atoms with Crippen LogP contribution in [-0.4, -0.2) is 40.7 Å². The minimum atomic E-state index is -0.964. The molecule has 3 N–H and O–H groups in total. The van der Waals surface area contributed by atoms with E-state index in [1.807, 2.05) is 13.8 Å². The van der Waals surface area contributed by atoms with E-state index >= 15 is 0 Å². The quantitative estimate of drug-likeness (QED) is 0.649. The first-order chi connectivity index (χ1) is 7.56. The van der Waals surface area contributed by atoms with Crippen molar-refractivity contribution < 1.29 is 14.7 Å². The van der Waals surface area contributed by atoms with Crippen molar-refractivity contribution >= 4 is 23.6 Å². The largest absolute Gasteiger partial charge is 0.480 e. The molecule has 1 amide bonds. The Hall–Kier alpha value is -0.750. The van der Waals surface area contributed by atoms with E-state index in [1.165, 1.54) is 0 Å². The van der Waals surface area contributed by atoms with Gasteiger partial charge in [-0.2, -0.15) is 0 Å². The number of hydrogen-bond donors (Lipinski definition) is 3. The molecule has 1 aliphatic heterocycles. The molecule has 5 nitrogen and oxygen atoms in total. The van der Waals surface area contributed by atoms with Gasteiger partial charge < -0.3 is 10.4 Å². The molecule has 16 heavy (non-hydrogen) atoms. The first-order valence-corrected chi connectivity index (χ1v) is 6.56. The van der Waals surface area contributed by atoms with Gasteiger partial charge in [-0.15, -0.1) is 11.8 Å². The van der Waals surface area contributed by atoms with Gasteiger partial charge in [0.05, 0.1) is 6.04 Å². The molecule has 92 valence electrons. The third-order valence-corrected chi connectivity index (χ3v) is 3.75. The van der Waals surface area contributed by atoms with Gasteiger partial charge in [-0.3, -0.25) is 10.1 Å². The number of thioether (sulfide) groups is 1. The van der Waals surface area contributed by atoms with Crippen LogP contribution in [0.3, 0.4) is 0 Å². The Labute approximate surface area is 99.4 Å². The molecule has 1 rings (SSSR count). The molecular weight excluding hydrogens is 228 g/mol. The molecule has 0 radical (unpaired) electrons. The maximum absolute atomic E-state index is 11.7. The number of carbonyl (C=O) groups excluding carboxylic acids is 1. The minimum Gasteiger partial charge on any atom is -0.480 e. The molecule has 3 atom stereocenters. The van der Waals surface area contributed by atoms with Crippen molar-refractivity contribution in [1.29, 1.82) is 0 Å². The highest BCUT2D eigenvalue weighted by Gasteiger charge is 2.29. The molecule has 0 spiro atoms. The molecular formula is C10H18N2O3S. The van der Waals surface area contributed by atoms with E-state index in [-0.39, 0.29) is 17.9 Å². The van der Waals surface area contributed by atoms with E-state index in [0.29, 0.717) is 5.75 Å². The van der Waals surface area contributed by atoms with Crippen molar-refractivity contribution in [3.63, 3.8) is 0 Å². The Morgan fingerprint density at radius 1 is 1.62 bits per heavy atom. The van der Waals surface area contributed by atoms with E-state index in [1.54, 1.807) is 11.8 Å². The molecule has 1 aliphatic rings. The van der Waals surface area contributed by atoms with Gasteiger partial charge in [0.1, 0.15) is 6.04 Å². The highest BCUT2D eigenvalue weighted by molar-refractivity contribution is 7.99. The molecule has 1 heterocycles. The van der Waals surface area contributed by atoms with Crippen molar-refractivity contribution in [2.24, 2.45) is 5.92 Å². The molecule has 6 heteroatoms. The lowest BCUT2D eigenvalue weighted by atomic mass is 9.99. The summed E-state index contributed by atoms with van der Waals surface area (Å²) in [6.45, 7) is 3.74. The standard InChI is InChI=1S/C10H18N2O3S/c1-3-6(2)8(10(14)15)12-9(13)7-4-16-5-11-7/h6-8,11H,3-5H2,1-2H3,(H,12,13)(H,14,15). The van der Waals surface area contributed by atoms with E-state index in [4.69, 9.17) is 5.11 Å². The van der Waals surface area contributed by atoms with E-state index in [9.17, 15) is 9.59 Å². The summed E-state index contributed by atoms with van der Waals surface area (Å²) in [6, 6.07) is -1.04. The summed E-state index contributed by atoms with van der Waals surface area (Å²) in [5.41, 5.74) is 0. The van der Waals surface area contributed by atoms with Crippen molar-refractivity contribution in [3.8, 4) is 0 Å². The lowest BCUT2D eigenvalue weighted by Crippen LogP contribution is -2.51. The van der Waals surface area contributed by atoms with Crippen LogP contribution in [0, 0.1) is 5.92 Å². The Balaban J connectivity index is 2.53. The summed E-state index contributed by atoms with van der Waals surface area (Å²) < 4.78 is 0. The number of rotatable bonds is 5. The zero-order chi connectivity index (χ0) is 12.1. The second-order valence-electron chi connectivity index (χ2n) is 3.98. The zero-order valence-corrected chi connectivity index (χ0v) is 10.3. The van der Waals surface area contributed by atoms with Gasteiger partial charge in [-0.1, -0.05) is 20.3 Å². The average molecular weight is 246 g/mol. The predicted molar refractivity (Wildman–Crippen MR) is 63.3 cm³/mol. The molecule has 0 saturated carbocycles. The van der Waals surface area contributed by atoms with E-state index in [2.05, 4.69) is 10.6 Å². The van der Waals surface area contributed by atoms with Crippen LogP contribution < -0.4 is 10.6 Å². The van der Waals surface area contributed by atoms with E-state index < -0.39 is 12.0 Å². The minimum absolute atomic E-state index is 0.0597. The Bertz CT molecular complexity index is 267. The third-order valence-electron chi connectivity index (χ3n) is 2.81. The first kappa shape index (κ1) is 13.3. The average Bonchev–Trinajstić information content (AvgIpc) is 2.77. The number of carboxylic acids is 1. The summed E-state index contributed by atoms with van der Waals surface area (Å²) in [5, 5.41) is 14.6. The molecule has 0 aromatic rings. The molecule has 0 aliphatic carbocycles. The van der Waals surface area contributed by atoms with Gasteiger partial charge in [-0.05, 0) is 5.92 Å². The van der Waals surface area contributed by atoms with Crippen LogP contribution in [0.5, 0.6) is 0 Å². The highest BCUT2D eigenvalue weighted by Crippen LogP contribution is 2.12. The molecule has 1 saturated heterocycles. The topological polar surface area (TPSA) is 78.4 Å². The fraction of sp³-hybridized carbons (Fsp3) is 0.800. The van der Waals surface area contributed by atoms with Gasteiger partial charge >= 0.3 is 5.97 Å². The first-order valence-electron chi connectivity index (χ1n) is 5.40. The smallest absolute Gasteiger partial charge is 0.326 e. The van der Waals surface area contributed by atoms with Crippen LogP contribution in [0.4, 0.5) is 0 Å². The molecule has 3 unspecified atom stereocenters. The van der Waals surface area contributed by atoms with Gasteiger partial charge in [0.2, 0.25) is 5.91 Å². The fourth-order valence-corrected chi connectivity index (χ4v) is 2.44. The molecule has 0 aromatic carbocycles. The van der Waals surface area contributed by atoms with E-state index in [0.717, 1.165) is 12.3 Å². The lowest BCUT2D eigenvalue weighted by Gasteiger charge is -2.21. The van der Waals surface area contributed by atoms with Gasteiger partial charge in [0, 0.05) is 11.6 Å². The third kappa shape index (κ3) is 3.38. The van der Waals surface area contributed by atoms with Crippen molar-refractivity contribution in [3.05, 3.63) is 0 Å². The number of carboxylic acid groups (broad SMARTS) is 1. The maximum atomic E-state index is 11.7. The zero-order valence-electron chi connectivity index (χ0n) is 9.53. The van der Waals surface area contributed by atoms with Crippen LogP contribution in [0.25, 0.3) is 0 Å². The summed E-state index contributed by atoms with van der Waals surface area (Å²) in [7, 11) is 0. The van der Waals surface area contributed by atoms with Crippen LogP contribution in [0.15, 0.2) is 0 Å². The van der Waals surface area contributed by atoms with Gasteiger partial charge in [-0.25, -0.2) is 4.79 Å². The Kier molecular flexibility index (Phi) is 5.08. The monoisotopic (exact) mass is 246 g/mol. The maximum Gasteiger partial charge on any atom is 0.326 e. The Morgan fingerprint density at radius 2 is 2.31 bits per heavy atom. The van der Waals surface area contributed by atoms with Gasteiger partial charge in [0.15, 0.2) is 0 Å². The second-order valence-corrected chi connectivity index (χ2v) is 5.01. The summed E-state index contributed by atoms with van der Waals surface area (Å²) in [6.07, 6.45) is 0.726.